The van der Waals surface area contributed by atoms with Crippen molar-refractivity contribution in [2.45, 2.75) is 26.3 Å². The molecule has 1 fully saturated rings. The average molecular weight is 339 g/mol. The van der Waals surface area contributed by atoms with Crippen LogP contribution >= 0.6 is 0 Å². The number of nitrogens with one attached hydrogen (secondary N) is 1. The van der Waals surface area contributed by atoms with E-state index in [1.165, 1.54) is 18.1 Å². The number of hydrogen-bond donors (Lipinski definition) is 1. The Hall–Kier alpha value is -2.65. The number of amides is 2. The van der Waals surface area contributed by atoms with Crippen LogP contribution in [0.15, 0.2) is 6.20 Å². The van der Waals surface area contributed by atoms with Gasteiger partial charge in [0.15, 0.2) is 5.82 Å². The standard InChI is InChI=1S/C14H21N5O5/c1-3-24-14(22)16-11-8-15-19(17-11)9-12(20)18-6-4-10(5-7-18)13(21)23-2/h8,10H,3-7,9H2,1-2H3,(H,16,17,22). The van der Waals surface area contributed by atoms with Gasteiger partial charge in [-0.3, -0.25) is 14.9 Å². The van der Waals surface area contributed by atoms with Crippen LogP contribution < -0.4 is 5.32 Å². The summed E-state index contributed by atoms with van der Waals surface area (Å²) in [6.45, 7) is 2.90. The van der Waals surface area contributed by atoms with Gasteiger partial charge in [0.05, 0.1) is 25.8 Å². The molecule has 132 valence electrons. The number of carbonyl (C=O) groups is 3. The van der Waals surface area contributed by atoms with E-state index in [1.807, 2.05) is 0 Å². The minimum absolute atomic E-state index is 0.0343. The zero-order valence-electron chi connectivity index (χ0n) is 13.7. The van der Waals surface area contributed by atoms with Crippen molar-refractivity contribution >= 4 is 23.8 Å². The molecule has 0 aromatic carbocycles. The Morgan fingerprint density at radius 3 is 2.67 bits per heavy atom. The molecule has 0 saturated carbocycles. The molecule has 0 spiro atoms. The van der Waals surface area contributed by atoms with Crippen LogP contribution in [0.4, 0.5) is 10.6 Å². The Labute approximate surface area is 139 Å². The van der Waals surface area contributed by atoms with Gasteiger partial charge in [0.1, 0.15) is 6.54 Å². The molecule has 10 heteroatoms. The molecule has 0 unspecified atom stereocenters. The maximum absolute atomic E-state index is 12.2. The van der Waals surface area contributed by atoms with Crippen molar-refractivity contribution in [2.75, 3.05) is 32.1 Å². The monoisotopic (exact) mass is 339 g/mol. The van der Waals surface area contributed by atoms with Crippen molar-refractivity contribution < 1.29 is 23.9 Å². The first-order chi connectivity index (χ1) is 11.5. The zero-order chi connectivity index (χ0) is 17.5. The van der Waals surface area contributed by atoms with Crippen LogP contribution in [0.3, 0.4) is 0 Å². The minimum atomic E-state index is -0.624. The third-order valence-corrected chi connectivity index (χ3v) is 3.70. The molecule has 1 saturated heterocycles. The van der Waals surface area contributed by atoms with Gasteiger partial charge in [0, 0.05) is 13.1 Å². The first kappa shape index (κ1) is 17.7. The summed E-state index contributed by atoms with van der Waals surface area (Å²) >= 11 is 0. The highest BCUT2D eigenvalue weighted by atomic mass is 16.5. The lowest BCUT2D eigenvalue weighted by molar-refractivity contribution is -0.149. The quantitative estimate of drug-likeness (QED) is 0.765. The van der Waals surface area contributed by atoms with Crippen LogP contribution in [0.5, 0.6) is 0 Å². The fraction of sp³-hybridized carbons (Fsp3) is 0.643. The molecule has 1 aromatic rings. The summed E-state index contributed by atoms with van der Waals surface area (Å²) in [7, 11) is 1.37. The molecule has 0 bridgehead atoms. The van der Waals surface area contributed by atoms with Crippen LogP contribution in [-0.2, 0) is 25.6 Å². The van der Waals surface area contributed by atoms with Gasteiger partial charge >= 0.3 is 12.1 Å². The van der Waals surface area contributed by atoms with Gasteiger partial charge in [-0.1, -0.05) is 0 Å². The lowest BCUT2D eigenvalue weighted by atomic mass is 9.97. The van der Waals surface area contributed by atoms with Gasteiger partial charge in [-0.2, -0.15) is 9.90 Å². The Bertz CT molecular complexity index is 594. The maximum atomic E-state index is 12.2. The summed E-state index contributed by atoms with van der Waals surface area (Å²) in [6, 6.07) is 0. The second-order valence-corrected chi connectivity index (χ2v) is 5.28. The van der Waals surface area contributed by atoms with Crippen molar-refractivity contribution in [3.63, 3.8) is 0 Å². The van der Waals surface area contributed by atoms with Crippen molar-refractivity contribution in [2.24, 2.45) is 5.92 Å². The van der Waals surface area contributed by atoms with Crippen LogP contribution in [0.1, 0.15) is 19.8 Å². The summed E-state index contributed by atoms with van der Waals surface area (Å²) in [5.74, 6) is -0.310. The smallest absolute Gasteiger partial charge is 0.412 e. The van der Waals surface area contributed by atoms with E-state index in [9.17, 15) is 14.4 Å². The number of esters is 1. The first-order valence-electron chi connectivity index (χ1n) is 7.73. The highest BCUT2D eigenvalue weighted by Crippen LogP contribution is 2.18. The van der Waals surface area contributed by atoms with Gasteiger partial charge in [-0.25, -0.2) is 4.79 Å². The van der Waals surface area contributed by atoms with Gasteiger partial charge < -0.3 is 14.4 Å². The summed E-state index contributed by atoms with van der Waals surface area (Å²) < 4.78 is 9.45. The Kier molecular flexibility index (Phi) is 6.10. The van der Waals surface area contributed by atoms with Crippen LogP contribution in [0.2, 0.25) is 0 Å². The first-order valence-corrected chi connectivity index (χ1v) is 7.73. The Balaban J connectivity index is 1.82. The lowest BCUT2D eigenvalue weighted by Gasteiger charge is -2.30. The fourth-order valence-corrected chi connectivity index (χ4v) is 2.45. The number of anilines is 1. The Morgan fingerprint density at radius 2 is 2.04 bits per heavy atom. The van der Waals surface area contributed by atoms with Crippen LogP contribution in [-0.4, -0.2) is 64.7 Å². The van der Waals surface area contributed by atoms with Crippen molar-refractivity contribution in [1.29, 1.82) is 0 Å². The highest BCUT2D eigenvalue weighted by molar-refractivity contribution is 5.83. The third-order valence-electron chi connectivity index (χ3n) is 3.70. The number of likely N-dealkylation sites (tertiary alicyclic amines) is 1. The number of piperidine rings is 1. The molecule has 0 aliphatic carbocycles. The second-order valence-electron chi connectivity index (χ2n) is 5.28. The molecule has 10 nitrogen and oxygen atoms in total. The lowest BCUT2D eigenvalue weighted by Crippen LogP contribution is -2.42. The van der Waals surface area contributed by atoms with E-state index in [0.717, 1.165) is 0 Å². The predicted molar refractivity (Wildman–Crippen MR) is 82.0 cm³/mol. The molecule has 24 heavy (non-hydrogen) atoms. The summed E-state index contributed by atoms with van der Waals surface area (Å²) in [6.07, 6.45) is 1.88. The average Bonchev–Trinajstić information content (AvgIpc) is 3.01. The van der Waals surface area contributed by atoms with Crippen LogP contribution in [0, 0.1) is 5.92 Å². The minimum Gasteiger partial charge on any atom is -0.469 e. The van der Waals surface area contributed by atoms with Gasteiger partial charge in [-0.05, 0) is 19.8 Å². The highest BCUT2D eigenvalue weighted by Gasteiger charge is 2.28. The number of aromatic nitrogens is 3. The number of methoxy groups -OCH3 is 1. The number of rotatable bonds is 5. The molecule has 1 aliphatic rings. The van der Waals surface area contributed by atoms with Crippen molar-refractivity contribution in [1.82, 2.24) is 19.9 Å². The topological polar surface area (TPSA) is 116 Å². The largest absolute Gasteiger partial charge is 0.469 e. The summed E-state index contributed by atoms with van der Waals surface area (Å²) in [5.41, 5.74) is 0. The maximum Gasteiger partial charge on any atom is 0.412 e. The summed E-state index contributed by atoms with van der Waals surface area (Å²) in [4.78, 5) is 37.9. The van der Waals surface area contributed by atoms with E-state index in [4.69, 9.17) is 9.47 Å². The van der Waals surface area contributed by atoms with E-state index in [1.54, 1.807) is 11.8 Å². The molecular weight excluding hydrogens is 318 g/mol. The molecule has 1 aromatic heterocycles. The normalized spacial score (nSPS) is 15.0. The number of carbonyl (C=O) groups excluding carboxylic acids is 3. The van der Waals surface area contributed by atoms with Gasteiger partial charge in [0.2, 0.25) is 5.91 Å². The van der Waals surface area contributed by atoms with E-state index in [0.29, 0.717) is 25.9 Å². The van der Waals surface area contributed by atoms with Gasteiger partial charge in [0.25, 0.3) is 0 Å². The predicted octanol–water partition coefficient (Wildman–Crippen LogP) is 0.258. The molecule has 1 aliphatic heterocycles. The molecular formula is C14H21N5O5. The number of nitrogens with zero attached hydrogens (tertiary/aromatic N) is 4. The number of hydrogen-bond acceptors (Lipinski definition) is 7. The van der Waals surface area contributed by atoms with Crippen LogP contribution in [0.25, 0.3) is 0 Å². The summed E-state index contributed by atoms with van der Waals surface area (Å²) in [5, 5.41) is 10.3. The SMILES string of the molecule is CCOC(=O)Nc1cnn(CC(=O)N2CCC(C(=O)OC)CC2)n1. The Morgan fingerprint density at radius 1 is 1.33 bits per heavy atom. The van der Waals surface area contributed by atoms with E-state index < -0.39 is 6.09 Å². The zero-order valence-corrected chi connectivity index (χ0v) is 13.7. The van der Waals surface area contributed by atoms with E-state index in [2.05, 4.69) is 15.5 Å². The molecule has 2 amide bonds. The van der Waals surface area contributed by atoms with Gasteiger partial charge in [-0.15, -0.1) is 5.10 Å². The fourth-order valence-electron chi connectivity index (χ4n) is 2.45. The van der Waals surface area contributed by atoms with Crippen molar-refractivity contribution in [3.05, 3.63) is 6.20 Å². The van der Waals surface area contributed by atoms with E-state index in [-0.39, 0.29) is 36.8 Å². The van der Waals surface area contributed by atoms with Crippen molar-refractivity contribution in [3.8, 4) is 0 Å². The molecule has 0 radical (unpaired) electrons. The molecule has 0 atom stereocenters. The third kappa shape index (κ3) is 4.67. The molecule has 2 heterocycles. The molecule has 1 N–H and O–H groups in total. The second kappa shape index (κ2) is 8.27. The number of ether oxygens (including phenoxy) is 2. The molecule has 2 rings (SSSR count). The van der Waals surface area contributed by atoms with E-state index >= 15 is 0 Å².